The van der Waals surface area contributed by atoms with Crippen molar-refractivity contribution < 1.29 is 14.4 Å². The molecular weight excluding hydrogens is 238 g/mol. The van der Waals surface area contributed by atoms with Crippen molar-refractivity contribution in [1.29, 1.82) is 0 Å². The van der Waals surface area contributed by atoms with Gasteiger partial charge in [-0.15, -0.1) is 5.59 Å². The average molecular weight is 260 g/mol. The summed E-state index contributed by atoms with van der Waals surface area (Å²) in [5.41, 5.74) is 2.29. The molecule has 1 aliphatic heterocycles. The SMILES string of the molecule is CC(C)OC(=O)CCCONN([O-])N1CCCC1. The standard InChI is InChI=1S/C11H22N3O4/c1-10(2)18-11(15)6-5-9-17-12-14(16)13-7-3-4-8-13/h10,12H,3-9H2,1-2H3/q-1. The molecule has 0 unspecified atom stereocenters. The highest BCUT2D eigenvalue weighted by molar-refractivity contribution is 5.69. The van der Waals surface area contributed by atoms with Crippen LogP contribution in [0.3, 0.4) is 0 Å². The lowest BCUT2D eigenvalue weighted by atomic mass is 10.3. The average Bonchev–Trinajstić information content (AvgIpc) is 2.80. The fourth-order valence-electron chi connectivity index (χ4n) is 1.65. The van der Waals surface area contributed by atoms with Gasteiger partial charge in [0.25, 0.3) is 0 Å². The van der Waals surface area contributed by atoms with Crippen LogP contribution in [0.4, 0.5) is 0 Å². The highest BCUT2D eigenvalue weighted by Crippen LogP contribution is 2.08. The fraction of sp³-hybridized carbons (Fsp3) is 0.909. The van der Waals surface area contributed by atoms with Crippen molar-refractivity contribution in [3.8, 4) is 0 Å². The number of ether oxygens (including phenoxy) is 1. The zero-order chi connectivity index (χ0) is 13.4. The zero-order valence-corrected chi connectivity index (χ0v) is 11.1. The third-order valence-corrected chi connectivity index (χ3v) is 2.48. The molecule has 0 aromatic carbocycles. The van der Waals surface area contributed by atoms with E-state index in [2.05, 4.69) is 5.59 Å². The smallest absolute Gasteiger partial charge is 0.306 e. The van der Waals surface area contributed by atoms with Crippen LogP contribution in [0.15, 0.2) is 0 Å². The quantitative estimate of drug-likeness (QED) is 0.396. The molecule has 18 heavy (non-hydrogen) atoms. The van der Waals surface area contributed by atoms with Crippen LogP contribution in [0.25, 0.3) is 0 Å². The molecule has 0 atom stereocenters. The molecule has 0 aliphatic carbocycles. The molecule has 1 saturated heterocycles. The molecule has 0 amide bonds. The topological polar surface area (TPSA) is 77.1 Å². The zero-order valence-electron chi connectivity index (χ0n) is 11.1. The highest BCUT2D eigenvalue weighted by Gasteiger charge is 2.12. The van der Waals surface area contributed by atoms with Crippen LogP contribution in [0, 0.1) is 5.21 Å². The molecule has 1 N–H and O–H groups in total. The lowest BCUT2D eigenvalue weighted by Gasteiger charge is -2.36. The van der Waals surface area contributed by atoms with Crippen LogP contribution in [0.5, 0.6) is 0 Å². The van der Waals surface area contributed by atoms with Crippen LogP contribution in [-0.4, -0.2) is 42.1 Å². The number of carbonyl (C=O) groups excluding carboxylic acids is 1. The van der Waals surface area contributed by atoms with Gasteiger partial charge in [0.15, 0.2) is 0 Å². The van der Waals surface area contributed by atoms with Crippen LogP contribution >= 0.6 is 0 Å². The summed E-state index contributed by atoms with van der Waals surface area (Å²) >= 11 is 0. The van der Waals surface area contributed by atoms with Gasteiger partial charge in [-0.05, 0) is 33.1 Å². The second kappa shape index (κ2) is 8.39. The van der Waals surface area contributed by atoms with Crippen molar-refractivity contribution in [2.24, 2.45) is 0 Å². The molecule has 1 aliphatic rings. The van der Waals surface area contributed by atoms with Crippen molar-refractivity contribution >= 4 is 5.97 Å². The van der Waals surface area contributed by atoms with Gasteiger partial charge in [0.2, 0.25) is 0 Å². The third kappa shape index (κ3) is 6.27. The molecule has 1 rings (SSSR count). The van der Waals surface area contributed by atoms with Crippen molar-refractivity contribution in [2.45, 2.75) is 45.6 Å². The number of nitrogens with zero attached hydrogens (tertiary/aromatic N) is 2. The summed E-state index contributed by atoms with van der Waals surface area (Å²) in [6, 6.07) is 0. The molecule has 0 aromatic heterocycles. The van der Waals surface area contributed by atoms with Gasteiger partial charge < -0.3 is 9.94 Å². The van der Waals surface area contributed by atoms with E-state index in [1.165, 1.54) is 0 Å². The highest BCUT2D eigenvalue weighted by atomic mass is 16.8. The summed E-state index contributed by atoms with van der Waals surface area (Å²) in [5, 5.41) is 13.6. The predicted molar refractivity (Wildman–Crippen MR) is 65.6 cm³/mol. The van der Waals surface area contributed by atoms with E-state index in [4.69, 9.17) is 9.57 Å². The van der Waals surface area contributed by atoms with Gasteiger partial charge in [-0.2, -0.15) is 0 Å². The first kappa shape index (κ1) is 15.3. The maximum Gasteiger partial charge on any atom is 0.306 e. The first-order chi connectivity index (χ1) is 8.59. The van der Waals surface area contributed by atoms with E-state index >= 15 is 0 Å². The Bertz CT molecular complexity index is 244. The van der Waals surface area contributed by atoms with Crippen molar-refractivity contribution in [2.75, 3.05) is 19.7 Å². The Labute approximate surface area is 107 Å². The Hall–Kier alpha value is -0.730. The van der Waals surface area contributed by atoms with Crippen LogP contribution in [-0.2, 0) is 14.4 Å². The van der Waals surface area contributed by atoms with Gasteiger partial charge in [-0.25, -0.2) is 10.3 Å². The molecule has 0 saturated carbocycles. The molecule has 7 nitrogen and oxygen atoms in total. The number of nitrogens with one attached hydrogen (secondary N) is 1. The van der Waals surface area contributed by atoms with Crippen molar-refractivity contribution in [3.05, 3.63) is 5.21 Å². The molecule has 0 spiro atoms. The van der Waals surface area contributed by atoms with Gasteiger partial charge >= 0.3 is 5.97 Å². The van der Waals surface area contributed by atoms with Crippen LogP contribution in [0.1, 0.15) is 39.5 Å². The van der Waals surface area contributed by atoms with E-state index in [9.17, 15) is 10.0 Å². The number of hydrogen-bond acceptors (Lipinski definition) is 7. The molecule has 7 heteroatoms. The van der Waals surface area contributed by atoms with E-state index in [1.807, 2.05) is 0 Å². The molecule has 1 heterocycles. The number of esters is 1. The summed E-state index contributed by atoms with van der Waals surface area (Å²) < 4.78 is 4.96. The Morgan fingerprint density at radius 3 is 2.72 bits per heavy atom. The Morgan fingerprint density at radius 2 is 2.11 bits per heavy atom. The predicted octanol–water partition coefficient (Wildman–Crippen LogP) is 0.965. The summed E-state index contributed by atoms with van der Waals surface area (Å²) in [4.78, 5) is 16.2. The maximum atomic E-state index is 11.4. The van der Waals surface area contributed by atoms with E-state index in [0.29, 0.717) is 24.7 Å². The summed E-state index contributed by atoms with van der Waals surface area (Å²) in [7, 11) is 0. The van der Waals surface area contributed by atoms with E-state index in [-0.39, 0.29) is 12.1 Å². The van der Waals surface area contributed by atoms with Crippen LogP contribution < -0.4 is 5.59 Å². The Balaban J connectivity index is 1.96. The molecular formula is C11H22N3O4-. The van der Waals surface area contributed by atoms with Crippen molar-refractivity contribution in [1.82, 2.24) is 15.9 Å². The lowest BCUT2D eigenvalue weighted by Crippen LogP contribution is -2.45. The number of hydrogen-bond donors (Lipinski definition) is 1. The largest absolute Gasteiger partial charge is 0.756 e. The fourth-order valence-corrected chi connectivity index (χ4v) is 1.65. The van der Waals surface area contributed by atoms with Crippen LogP contribution in [0.2, 0.25) is 0 Å². The Morgan fingerprint density at radius 1 is 1.44 bits per heavy atom. The van der Waals surface area contributed by atoms with Gasteiger partial charge in [0, 0.05) is 19.5 Å². The minimum Gasteiger partial charge on any atom is -0.756 e. The molecule has 0 aromatic rings. The van der Waals surface area contributed by atoms with Crippen molar-refractivity contribution in [3.63, 3.8) is 0 Å². The summed E-state index contributed by atoms with van der Waals surface area (Å²) in [6.07, 6.45) is 2.78. The first-order valence-corrected chi connectivity index (χ1v) is 6.38. The lowest BCUT2D eigenvalue weighted by molar-refractivity contribution is -0.156. The minimum absolute atomic E-state index is 0.0937. The van der Waals surface area contributed by atoms with Gasteiger partial charge in [0.1, 0.15) is 0 Å². The number of rotatable bonds is 8. The van der Waals surface area contributed by atoms with Gasteiger partial charge in [-0.3, -0.25) is 9.63 Å². The number of carbonyl (C=O) groups is 1. The molecule has 106 valence electrons. The number of hydrazine groups is 2. The van der Waals surface area contributed by atoms with E-state index in [0.717, 1.165) is 25.9 Å². The van der Waals surface area contributed by atoms with E-state index < -0.39 is 0 Å². The first-order valence-electron chi connectivity index (χ1n) is 6.38. The molecule has 0 bridgehead atoms. The molecule has 0 radical (unpaired) electrons. The molecule has 1 fully saturated rings. The monoisotopic (exact) mass is 260 g/mol. The second-order valence-corrected chi connectivity index (χ2v) is 4.52. The second-order valence-electron chi connectivity index (χ2n) is 4.52. The minimum atomic E-state index is -0.243. The Kier molecular flexibility index (Phi) is 7.14. The summed E-state index contributed by atoms with van der Waals surface area (Å²) in [6.45, 7) is 5.41. The van der Waals surface area contributed by atoms with Gasteiger partial charge in [-0.1, -0.05) is 0 Å². The maximum absolute atomic E-state index is 11.4. The van der Waals surface area contributed by atoms with Gasteiger partial charge in [0.05, 0.1) is 12.7 Å². The summed E-state index contributed by atoms with van der Waals surface area (Å²) in [5.74, 6) is -0.243. The van der Waals surface area contributed by atoms with E-state index in [1.54, 1.807) is 18.9 Å². The normalized spacial score (nSPS) is 16.7. The third-order valence-electron chi connectivity index (χ3n) is 2.48.